The van der Waals surface area contributed by atoms with E-state index >= 15 is 0 Å². The number of hydrogen-bond acceptors (Lipinski definition) is 4. The average Bonchev–Trinajstić information content (AvgIpc) is 2.37. The molecule has 0 aliphatic carbocycles. The van der Waals surface area contributed by atoms with Gasteiger partial charge in [0.25, 0.3) is 0 Å². The fourth-order valence-corrected chi connectivity index (χ4v) is 1.69. The molecule has 0 aliphatic heterocycles. The van der Waals surface area contributed by atoms with Crippen LogP contribution in [0.1, 0.15) is 19.4 Å². The van der Waals surface area contributed by atoms with Crippen molar-refractivity contribution in [2.24, 2.45) is 11.7 Å². The van der Waals surface area contributed by atoms with E-state index in [2.05, 4.69) is 5.32 Å². The third-order valence-electron chi connectivity index (χ3n) is 3.06. The molecular formula is C14H22N2O3. The Hall–Kier alpha value is -1.59. The fourth-order valence-electron chi connectivity index (χ4n) is 1.69. The van der Waals surface area contributed by atoms with E-state index in [0.717, 1.165) is 5.56 Å². The van der Waals surface area contributed by atoms with Crippen LogP contribution in [0.5, 0.6) is 5.75 Å². The summed E-state index contributed by atoms with van der Waals surface area (Å²) in [6, 6.07) is 5.63. The van der Waals surface area contributed by atoms with Gasteiger partial charge in [0.1, 0.15) is 5.75 Å². The van der Waals surface area contributed by atoms with Gasteiger partial charge in [0.2, 0.25) is 5.91 Å². The van der Waals surface area contributed by atoms with Crippen molar-refractivity contribution in [3.63, 3.8) is 0 Å². The first-order valence-corrected chi connectivity index (χ1v) is 6.38. The molecule has 19 heavy (non-hydrogen) atoms. The predicted molar refractivity (Wildman–Crippen MR) is 73.6 cm³/mol. The summed E-state index contributed by atoms with van der Waals surface area (Å²) in [5.74, 6) is 0.0533. The number of rotatable bonds is 6. The minimum atomic E-state index is -0.669. The minimum Gasteiger partial charge on any atom is -0.508 e. The molecule has 1 amide bonds. The van der Waals surface area contributed by atoms with E-state index in [0.29, 0.717) is 6.42 Å². The van der Waals surface area contributed by atoms with E-state index in [9.17, 15) is 9.90 Å². The molecule has 5 nitrogen and oxygen atoms in total. The zero-order valence-electron chi connectivity index (χ0n) is 11.3. The third kappa shape index (κ3) is 4.89. The number of carbonyl (C=O) groups excluding carboxylic acids is 1. The van der Waals surface area contributed by atoms with Crippen LogP contribution in [-0.2, 0) is 11.2 Å². The highest BCUT2D eigenvalue weighted by Crippen LogP contribution is 2.11. The SMILES string of the molecule is CC(C)C(CO)NC(=O)C(N)Cc1ccc(O)cc1. The molecule has 0 radical (unpaired) electrons. The van der Waals surface area contributed by atoms with Crippen LogP contribution in [0.25, 0.3) is 0 Å². The van der Waals surface area contributed by atoms with Gasteiger partial charge in [-0.2, -0.15) is 0 Å². The smallest absolute Gasteiger partial charge is 0.237 e. The van der Waals surface area contributed by atoms with Gasteiger partial charge in [-0.3, -0.25) is 4.79 Å². The van der Waals surface area contributed by atoms with E-state index < -0.39 is 6.04 Å². The first-order chi connectivity index (χ1) is 8.93. The number of aromatic hydroxyl groups is 1. The van der Waals surface area contributed by atoms with Crippen LogP contribution in [0.3, 0.4) is 0 Å². The number of carbonyl (C=O) groups is 1. The topological polar surface area (TPSA) is 95.6 Å². The number of phenolic OH excluding ortho intramolecular Hbond substituents is 1. The van der Waals surface area contributed by atoms with E-state index in [4.69, 9.17) is 10.8 Å². The van der Waals surface area contributed by atoms with Crippen molar-refractivity contribution >= 4 is 5.91 Å². The number of benzene rings is 1. The van der Waals surface area contributed by atoms with Crippen LogP contribution in [0, 0.1) is 5.92 Å². The first kappa shape index (κ1) is 15.5. The van der Waals surface area contributed by atoms with Crippen molar-refractivity contribution in [3.05, 3.63) is 29.8 Å². The largest absolute Gasteiger partial charge is 0.508 e. The number of hydrogen-bond donors (Lipinski definition) is 4. The maximum atomic E-state index is 11.9. The molecule has 1 aromatic carbocycles. The van der Waals surface area contributed by atoms with Gasteiger partial charge in [-0.25, -0.2) is 0 Å². The van der Waals surface area contributed by atoms with Gasteiger partial charge in [-0.15, -0.1) is 0 Å². The summed E-state index contributed by atoms with van der Waals surface area (Å²) >= 11 is 0. The second kappa shape index (κ2) is 7.11. The standard InChI is InChI=1S/C14H22N2O3/c1-9(2)13(8-17)16-14(19)12(15)7-10-3-5-11(18)6-4-10/h3-6,9,12-13,17-18H,7-8,15H2,1-2H3,(H,16,19). The summed E-state index contributed by atoms with van der Waals surface area (Å²) < 4.78 is 0. The van der Waals surface area contributed by atoms with Crippen LogP contribution >= 0.6 is 0 Å². The van der Waals surface area contributed by atoms with Crippen molar-refractivity contribution in [2.45, 2.75) is 32.4 Å². The fraction of sp³-hybridized carbons (Fsp3) is 0.500. The normalized spacial score (nSPS) is 14.2. The Labute approximate surface area is 113 Å². The van der Waals surface area contributed by atoms with Crippen LogP contribution in [0.2, 0.25) is 0 Å². The van der Waals surface area contributed by atoms with E-state index in [-0.39, 0.29) is 30.2 Å². The van der Waals surface area contributed by atoms with Crippen LogP contribution in [-0.4, -0.2) is 34.8 Å². The lowest BCUT2D eigenvalue weighted by molar-refractivity contribution is -0.123. The molecule has 0 spiro atoms. The lowest BCUT2D eigenvalue weighted by Gasteiger charge is -2.22. The predicted octanol–water partition coefficient (Wildman–Crippen LogP) is 0.395. The third-order valence-corrected chi connectivity index (χ3v) is 3.06. The highest BCUT2D eigenvalue weighted by Gasteiger charge is 2.20. The molecule has 0 aromatic heterocycles. The number of aliphatic hydroxyl groups is 1. The lowest BCUT2D eigenvalue weighted by Crippen LogP contribution is -2.49. The first-order valence-electron chi connectivity index (χ1n) is 6.38. The quantitative estimate of drug-likeness (QED) is 0.599. The molecule has 0 heterocycles. The molecule has 5 N–H and O–H groups in total. The summed E-state index contributed by atoms with van der Waals surface area (Å²) in [6.45, 7) is 3.74. The Kier molecular flexibility index (Phi) is 5.79. The van der Waals surface area contributed by atoms with Gasteiger partial charge in [0.05, 0.1) is 18.7 Å². The van der Waals surface area contributed by atoms with Crippen molar-refractivity contribution < 1.29 is 15.0 Å². The lowest BCUT2D eigenvalue weighted by atomic mass is 10.0. The molecule has 106 valence electrons. The molecule has 1 rings (SSSR count). The Balaban J connectivity index is 2.55. The Morgan fingerprint density at radius 2 is 1.89 bits per heavy atom. The molecule has 2 unspecified atom stereocenters. The van der Waals surface area contributed by atoms with Gasteiger partial charge in [-0.05, 0) is 30.0 Å². The highest BCUT2D eigenvalue weighted by atomic mass is 16.3. The van der Waals surface area contributed by atoms with Crippen LogP contribution in [0.15, 0.2) is 24.3 Å². The molecule has 0 fully saturated rings. The molecule has 0 saturated carbocycles. The number of aliphatic hydroxyl groups excluding tert-OH is 1. The summed E-state index contributed by atoms with van der Waals surface area (Å²) in [5, 5.41) is 21.1. The molecular weight excluding hydrogens is 244 g/mol. The second-order valence-corrected chi connectivity index (χ2v) is 5.02. The van der Waals surface area contributed by atoms with Gasteiger partial charge in [0, 0.05) is 0 Å². The van der Waals surface area contributed by atoms with Crippen molar-refractivity contribution in [2.75, 3.05) is 6.61 Å². The molecule has 0 saturated heterocycles. The van der Waals surface area contributed by atoms with Gasteiger partial charge >= 0.3 is 0 Å². The van der Waals surface area contributed by atoms with Crippen LogP contribution < -0.4 is 11.1 Å². The highest BCUT2D eigenvalue weighted by molar-refractivity contribution is 5.82. The molecule has 1 aromatic rings. The van der Waals surface area contributed by atoms with Crippen LogP contribution in [0.4, 0.5) is 0 Å². The van der Waals surface area contributed by atoms with Crippen molar-refractivity contribution in [1.29, 1.82) is 0 Å². The monoisotopic (exact) mass is 266 g/mol. The maximum absolute atomic E-state index is 11.9. The maximum Gasteiger partial charge on any atom is 0.237 e. The Bertz CT molecular complexity index is 404. The second-order valence-electron chi connectivity index (χ2n) is 5.02. The minimum absolute atomic E-state index is 0.102. The van der Waals surface area contributed by atoms with Gasteiger partial charge < -0.3 is 21.3 Å². The zero-order valence-corrected chi connectivity index (χ0v) is 11.3. The van der Waals surface area contributed by atoms with E-state index in [1.807, 2.05) is 13.8 Å². The zero-order chi connectivity index (χ0) is 14.4. The average molecular weight is 266 g/mol. The summed E-state index contributed by atoms with van der Waals surface area (Å²) in [7, 11) is 0. The molecule has 5 heteroatoms. The van der Waals surface area contributed by atoms with Gasteiger partial charge in [0.15, 0.2) is 0 Å². The Morgan fingerprint density at radius 3 is 2.37 bits per heavy atom. The summed E-state index contributed by atoms with van der Waals surface area (Å²) in [6.07, 6.45) is 0.391. The summed E-state index contributed by atoms with van der Waals surface area (Å²) in [5.41, 5.74) is 6.71. The van der Waals surface area contributed by atoms with Gasteiger partial charge in [-0.1, -0.05) is 26.0 Å². The number of phenols is 1. The van der Waals surface area contributed by atoms with Crippen molar-refractivity contribution in [3.8, 4) is 5.75 Å². The molecule has 2 atom stereocenters. The molecule has 0 bridgehead atoms. The number of amides is 1. The van der Waals surface area contributed by atoms with E-state index in [1.165, 1.54) is 0 Å². The Morgan fingerprint density at radius 1 is 1.32 bits per heavy atom. The molecule has 0 aliphatic rings. The number of nitrogens with two attached hydrogens (primary N) is 1. The number of nitrogens with one attached hydrogen (secondary N) is 1. The summed E-state index contributed by atoms with van der Waals surface area (Å²) in [4.78, 5) is 11.9. The van der Waals surface area contributed by atoms with Crippen molar-refractivity contribution in [1.82, 2.24) is 5.32 Å². The van der Waals surface area contributed by atoms with E-state index in [1.54, 1.807) is 24.3 Å².